The first-order valence-electron chi connectivity index (χ1n) is 15.4. The van der Waals surface area contributed by atoms with Crippen molar-refractivity contribution in [3.05, 3.63) is 99.7 Å². The summed E-state index contributed by atoms with van der Waals surface area (Å²) in [6.45, 7) is 8.05. The highest BCUT2D eigenvalue weighted by molar-refractivity contribution is 6.38. The van der Waals surface area contributed by atoms with Crippen molar-refractivity contribution < 1.29 is 28.7 Å². The van der Waals surface area contributed by atoms with Crippen LogP contribution in [0.25, 0.3) is 17.0 Å². The number of fused-ring (bicyclic) bond motifs is 1. The SMILES string of the molecule is CC(=O)N(CC(=O)OC(C)(C)C)c1ccc(C=CC(=O)NCC(=O)N(C)c2ccc(Cl)c(COc3cccc4ccc(C)nc34)c2Cl)cc1. The van der Waals surface area contributed by atoms with Crippen molar-refractivity contribution in [1.29, 1.82) is 0 Å². The number of halogens is 2. The van der Waals surface area contributed by atoms with Crippen molar-refractivity contribution in [1.82, 2.24) is 10.3 Å². The van der Waals surface area contributed by atoms with Crippen molar-refractivity contribution in [2.24, 2.45) is 0 Å². The van der Waals surface area contributed by atoms with Crippen LogP contribution in [0.2, 0.25) is 10.0 Å². The Hall–Kier alpha value is -4.93. The van der Waals surface area contributed by atoms with E-state index in [0.29, 0.717) is 33.3 Å². The molecule has 3 aromatic carbocycles. The van der Waals surface area contributed by atoms with E-state index in [2.05, 4.69) is 10.3 Å². The number of anilines is 2. The fourth-order valence-electron chi connectivity index (χ4n) is 4.76. The monoisotopic (exact) mass is 704 g/mol. The Balaban J connectivity index is 1.35. The van der Waals surface area contributed by atoms with Gasteiger partial charge in [0.25, 0.3) is 0 Å². The van der Waals surface area contributed by atoms with E-state index < -0.39 is 23.4 Å². The van der Waals surface area contributed by atoms with Crippen LogP contribution in [0.3, 0.4) is 0 Å². The number of nitrogens with zero attached hydrogens (tertiary/aromatic N) is 3. The quantitative estimate of drug-likeness (QED) is 0.133. The number of benzene rings is 3. The molecule has 1 N–H and O–H groups in total. The van der Waals surface area contributed by atoms with Gasteiger partial charge in [-0.3, -0.25) is 19.2 Å². The minimum Gasteiger partial charge on any atom is -0.487 e. The molecule has 0 spiro atoms. The lowest BCUT2D eigenvalue weighted by molar-refractivity contribution is -0.153. The molecular weight excluding hydrogens is 667 g/mol. The Morgan fingerprint density at radius 2 is 1.67 bits per heavy atom. The molecule has 49 heavy (non-hydrogen) atoms. The fraction of sp³-hybridized carbons (Fsp3) is 0.270. The average Bonchev–Trinajstić information content (AvgIpc) is 3.04. The van der Waals surface area contributed by atoms with E-state index in [4.69, 9.17) is 32.7 Å². The summed E-state index contributed by atoms with van der Waals surface area (Å²) in [5.41, 5.74) is 2.97. The molecule has 1 heterocycles. The van der Waals surface area contributed by atoms with E-state index in [9.17, 15) is 19.2 Å². The standard InChI is InChI=1S/C37H38Cl2N4O6/c1-23-10-14-26-8-7-9-31(36(26)41-23)48-22-28-29(38)17-18-30(35(28)39)42(6)33(46)20-40-32(45)19-13-25-11-15-27(16-12-25)43(24(2)44)21-34(47)49-37(3,4)5/h7-19H,20-22H2,1-6H3,(H,40,45). The third-order valence-corrected chi connectivity index (χ3v) is 8.00. The maximum atomic E-state index is 13.0. The van der Waals surface area contributed by atoms with Gasteiger partial charge in [0.1, 0.15) is 30.0 Å². The second-order valence-corrected chi connectivity index (χ2v) is 13.0. The second kappa shape index (κ2) is 16.0. The van der Waals surface area contributed by atoms with Crippen LogP contribution in [0.1, 0.15) is 44.5 Å². The summed E-state index contributed by atoms with van der Waals surface area (Å²) in [4.78, 5) is 57.3. The van der Waals surface area contributed by atoms with Crippen molar-refractivity contribution in [3.63, 3.8) is 0 Å². The molecule has 12 heteroatoms. The van der Waals surface area contributed by atoms with Crippen LogP contribution in [0, 0.1) is 6.92 Å². The van der Waals surface area contributed by atoms with Crippen LogP contribution in [0.5, 0.6) is 5.75 Å². The number of amides is 3. The summed E-state index contributed by atoms with van der Waals surface area (Å²) >= 11 is 13.2. The predicted molar refractivity (Wildman–Crippen MR) is 193 cm³/mol. The van der Waals surface area contributed by atoms with E-state index in [0.717, 1.165) is 16.6 Å². The number of aromatic nitrogens is 1. The number of hydrogen-bond donors (Lipinski definition) is 1. The molecule has 10 nitrogen and oxygen atoms in total. The summed E-state index contributed by atoms with van der Waals surface area (Å²) in [6, 6.07) is 19.5. The first kappa shape index (κ1) is 36.9. The zero-order chi connectivity index (χ0) is 35.9. The zero-order valence-corrected chi connectivity index (χ0v) is 29.7. The van der Waals surface area contributed by atoms with Gasteiger partial charge in [0.15, 0.2) is 0 Å². The Kier molecular flexibility index (Phi) is 12.0. The summed E-state index contributed by atoms with van der Waals surface area (Å²) in [5.74, 6) is -1.17. The third-order valence-electron chi connectivity index (χ3n) is 7.23. The number of hydrogen-bond acceptors (Lipinski definition) is 7. The van der Waals surface area contributed by atoms with E-state index in [1.54, 1.807) is 70.3 Å². The highest BCUT2D eigenvalue weighted by Crippen LogP contribution is 2.35. The van der Waals surface area contributed by atoms with Crippen LogP contribution in [0.4, 0.5) is 11.4 Å². The molecule has 0 aliphatic heterocycles. The van der Waals surface area contributed by atoms with Crippen molar-refractivity contribution in [2.75, 3.05) is 29.9 Å². The van der Waals surface area contributed by atoms with Gasteiger partial charge >= 0.3 is 5.97 Å². The smallest absolute Gasteiger partial charge is 0.326 e. The van der Waals surface area contributed by atoms with Gasteiger partial charge in [-0.2, -0.15) is 0 Å². The van der Waals surface area contributed by atoms with Crippen LogP contribution < -0.4 is 19.9 Å². The van der Waals surface area contributed by atoms with E-state index in [-0.39, 0.29) is 30.6 Å². The van der Waals surface area contributed by atoms with Crippen LogP contribution >= 0.6 is 23.2 Å². The number of carbonyl (C=O) groups excluding carboxylic acids is 4. The predicted octanol–water partition coefficient (Wildman–Crippen LogP) is 6.92. The van der Waals surface area contributed by atoms with Gasteiger partial charge in [0.05, 0.1) is 17.3 Å². The van der Waals surface area contributed by atoms with Gasteiger partial charge < -0.3 is 24.6 Å². The van der Waals surface area contributed by atoms with Crippen LogP contribution in [-0.2, 0) is 30.5 Å². The van der Waals surface area contributed by atoms with Gasteiger partial charge in [-0.25, -0.2) is 4.98 Å². The molecule has 4 rings (SSSR count). The van der Waals surface area contributed by atoms with Gasteiger partial charge in [-0.1, -0.05) is 53.5 Å². The lowest BCUT2D eigenvalue weighted by atomic mass is 10.1. The molecule has 1 aromatic heterocycles. The molecular formula is C37H38Cl2N4O6. The minimum absolute atomic E-state index is 0.0430. The average molecular weight is 706 g/mol. The summed E-state index contributed by atoms with van der Waals surface area (Å²) in [6.07, 6.45) is 2.86. The number of para-hydroxylation sites is 1. The molecule has 0 saturated carbocycles. The Labute approximate surface area is 295 Å². The number of carbonyl (C=O) groups is 4. The molecule has 0 aliphatic rings. The maximum Gasteiger partial charge on any atom is 0.326 e. The zero-order valence-electron chi connectivity index (χ0n) is 28.2. The van der Waals surface area contributed by atoms with Crippen molar-refractivity contribution in [3.8, 4) is 5.75 Å². The van der Waals surface area contributed by atoms with E-state index >= 15 is 0 Å². The molecule has 3 amide bonds. The number of pyridine rings is 1. The third kappa shape index (κ3) is 10.0. The number of ether oxygens (including phenoxy) is 2. The Morgan fingerprint density at radius 3 is 2.35 bits per heavy atom. The minimum atomic E-state index is -0.673. The first-order chi connectivity index (χ1) is 23.1. The van der Waals surface area contributed by atoms with Gasteiger partial charge in [0, 0.05) is 47.4 Å². The van der Waals surface area contributed by atoms with E-state index in [1.807, 2.05) is 37.3 Å². The normalized spacial score (nSPS) is 11.3. The molecule has 0 fully saturated rings. The number of aryl methyl sites for hydroxylation is 1. The molecule has 0 unspecified atom stereocenters. The van der Waals surface area contributed by atoms with Gasteiger partial charge in [-0.05, 0) is 75.7 Å². The second-order valence-electron chi connectivity index (χ2n) is 12.2. The van der Waals surface area contributed by atoms with Crippen molar-refractivity contribution >= 4 is 75.2 Å². The summed E-state index contributed by atoms with van der Waals surface area (Å²) in [5, 5.41) is 4.14. The largest absolute Gasteiger partial charge is 0.487 e. The topological polar surface area (TPSA) is 118 Å². The summed E-state index contributed by atoms with van der Waals surface area (Å²) in [7, 11) is 1.55. The number of likely N-dealkylation sites (N-methyl/N-ethyl adjacent to an activating group) is 1. The van der Waals surface area contributed by atoms with Crippen LogP contribution in [-0.4, -0.2) is 54.4 Å². The molecule has 0 bridgehead atoms. The Morgan fingerprint density at radius 1 is 0.959 bits per heavy atom. The maximum absolute atomic E-state index is 13.0. The van der Waals surface area contributed by atoms with E-state index in [1.165, 1.54) is 22.8 Å². The lowest BCUT2D eigenvalue weighted by Gasteiger charge is -2.24. The first-order valence-corrected chi connectivity index (χ1v) is 16.2. The highest BCUT2D eigenvalue weighted by Gasteiger charge is 2.22. The highest BCUT2D eigenvalue weighted by atomic mass is 35.5. The fourth-order valence-corrected chi connectivity index (χ4v) is 5.37. The molecule has 256 valence electrons. The number of rotatable bonds is 11. The van der Waals surface area contributed by atoms with Gasteiger partial charge in [0.2, 0.25) is 17.7 Å². The summed E-state index contributed by atoms with van der Waals surface area (Å²) < 4.78 is 11.4. The number of nitrogens with one attached hydrogen (secondary N) is 1. The molecule has 0 saturated heterocycles. The van der Waals surface area contributed by atoms with Crippen molar-refractivity contribution in [2.45, 2.75) is 46.8 Å². The molecule has 0 atom stereocenters. The Bertz CT molecular complexity index is 1900. The van der Waals surface area contributed by atoms with Gasteiger partial charge in [-0.15, -0.1) is 0 Å². The molecule has 0 aliphatic carbocycles. The molecule has 0 radical (unpaired) electrons. The van der Waals surface area contributed by atoms with Crippen LogP contribution in [0.15, 0.2) is 72.8 Å². The lowest BCUT2D eigenvalue weighted by Crippen LogP contribution is -2.37. The molecule has 4 aromatic rings. The number of esters is 1.